The fourth-order valence-corrected chi connectivity index (χ4v) is 3.46. The largest absolute Gasteiger partial charge is 0.478 e. The summed E-state index contributed by atoms with van der Waals surface area (Å²) in [6.45, 7) is 0.611. The van der Waals surface area contributed by atoms with E-state index < -0.39 is 17.4 Å². The van der Waals surface area contributed by atoms with Crippen molar-refractivity contribution in [2.24, 2.45) is 5.92 Å². The summed E-state index contributed by atoms with van der Waals surface area (Å²) in [7, 11) is 0. The monoisotopic (exact) mass is 347 g/mol. The molecule has 1 aliphatic carbocycles. The van der Waals surface area contributed by atoms with Crippen molar-refractivity contribution in [3.05, 3.63) is 42.2 Å². The number of hydrogen-bond donors (Lipinski definition) is 1. The summed E-state index contributed by atoms with van der Waals surface area (Å²) in [5.41, 5.74) is -1.49. The number of amides is 1. The molecule has 0 saturated carbocycles. The van der Waals surface area contributed by atoms with Crippen molar-refractivity contribution in [2.75, 3.05) is 13.1 Å². The van der Waals surface area contributed by atoms with Gasteiger partial charge >= 0.3 is 5.97 Å². The fraction of sp³-hybridized carbons (Fsp3) is 0.474. The molecule has 1 aromatic rings. The number of piperidine rings is 1. The van der Waals surface area contributed by atoms with Gasteiger partial charge in [-0.2, -0.15) is 0 Å². The van der Waals surface area contributed by atoms with Gasteiger partial charge in [-0.1, -0.05) is 24.3 Å². The van der Waals surface area contributed by atoms with E-state index in [0.717, 1.165) is 19.3 Å². The van der Waals surface area contributed by atoms with Crippen LogP contribution in [-0.2, 0) is 9.59 Å². The van der Waals surface area contributed by atoms with Crippen LogP contribution >= 0.6 is 0 Å². The molecular formula is C19H22FNO4. The lowest BCUT2D eigenvalue weighted by Gasteiger charge is -2.40. The van der Waals surface area contributed by atoms with E-state index in [0.29, 0.717) is 13.1 Å². The van der Waals surface area contributed by atoms with Crippen LogP contribution in [0.25, 0.3) is 0 Å². The zero-order valence-electron chi connectivity index (χ0n) is 14.0. The van der Waals surface area contributed by atoms with Gasteiger partial charge in [-0.15, -0.1) is 0 Å². The number of rotatable bonds is 4. The first-order valence-corrected chi connectivity index (χ1v) is 8.62. The van der Waals surface area contributed by atoms with Crippen molar-refractivity contribution in [3.63, 3.8) is 0 Å². The number of likely N-dealkylation sites (tertiary alicyclic amines) is 1. The van der Waals surface area contributed by atoms with E-state index in [9.17, 15) is 19.1 Å². The average Bonchev–Trinajstić information content (AvgIpc) is 2.64. The van der Waals surface area contributed by atoms with Crippen molar-refractivity contribution in [1.29, 1.82) is 0 Å². The Kier molecular flexibility index (Phi) is 5.06. The number of nitrogens with zero attached hydrogens (tertiary/aromatic N) is 1. The number of ether oxygens (including phenoxy) is 1. The Morgan fingerprint density at radius 2 is 1.92 bits per heavy atom. The molecule has 25 heavy (non-hydrogen) atoms. The molecule has 1 aromatic carbocycles. The number of para-hydroxylation sites is 1. The number of carboxylic acid groups (broad SMARTS) is 1. The van der Waals surface area contributed by atoms with Gasteiger partial charge in [0.2, 0.25) is 11.5 Å². The number of carbonyl (C=O) groups is 2. The van der Waals surface area contributed by atoms with Gasteiger partial charge < -0.3 is 14.7 Å². The minimum Gasteiger partial charge on any atom is -0.478 e. The normalized spacial score (nSPS) is 22.4. The SMILES string of the molecule is O=C([C@@H]1CC=CCC1)N1CCC(Oc2ccccc2F)(C(=O)O)CC1. The standard InChI is InChI=1S/C19H22FNO4/c20-15-8-4-5-9-16(15)25-19(18(23)24)10-12-21(13-11-19)17(22)14-6-2-1-3-7-14/h1-2,4-5,8-9,14H,3,6-7,10-13H2,(H,23,24)/t14-/m1/s1. The van der Waals surface area contributed by atoms with Gasteiger partial charge in [-0.25, -0.2) is 9.18 Å². The summed E-state index contributed by atoms with van der Waals surface area (Å²) in [4.78, 5) is 26.1. The second-order valence-electron chi connectivity index (χ2n) is 6.64. The molecule has 0 radical (unpaired) electrons. The van der Waals surface area contributed by atoms with Crippen molar-refractivity contribution in [3.8, 4) is 5.75 Å². The van der Waals surface area contributed by atoms with E-state index in [1.165, 1.54) is 18.2 Å². The second-order valence-corrected chi connectivity index (χ2v) is 6.64. The van der Waals surface area contributed by atoms with E-state index >= 15 is 0 Å². The fourth-order valence-electron chi connectivity index (χ4n) is 3.46. The highest BCUT2D eigenvalue weighted by Crippen LogP contribution is 2.32. The third kappa shape index (κ3) is 3.67. The van der Waals surface area contributed by atoms with Gasteiger partial charge in [0.05, 0.1) is 0 Å². The zero-order valence-corrected chi connectivity index (χ0v) is 14.0. The van der Waals surface area contributed by atoms with Gasteiger partial charge in [0.25, 0.3) is 0 Å². The first-order valence-electron chi connectivity index (χ1n) is 8.62. The maximum atomic E-state index is 13.8. The summed E-state index contributed by atoms with van der Waals surface area (Å²) >= 11 is 0. The molecule has 0 aromatic heterocycles. The third-order valence-corrected chi connectivity index (χ3v) is 5.03. The van der Waals surface area contributed by atoms with E-state index in [4.69, 9.17) is 4.74 Å². The molecule has 6 heteroatoms. The molecule has 2 aliphatic rings. The molecule has 1 heterocycles. The topological polar surface area (TPSA) is 66.8 Å². The Morgan fingerprint density at radius 1 is 1.20 bits per heavy atom. The summed E-state index contributed by atoms with van der Waals surface area (Å²) in [5.74, 6) is -1.72. The van der Waals surface area contributed by atoms with Crippen LogP contribution < -0.4 is 4.74 Å². The van der Waals surface area contributed by atoms with E-state index in [2.05, 4.69) is 6.08 Å². The predicted octanol–water partition coefficient (Wildman–Crippen LogP) is 3.01. The van der Waals surface area contributed by atoms with Crippen molar-refractivity contribution in [2.45, 2.75) is 37.7 Å². The van der Waals surface area contributed by atoms with E-state index in [1.54, 1.807) is 11.0 Å². The van der Waals surface area contributed by atoms with Gasteiger partial charge in [0.1, 0.15) is 0 Å². The average molecular weight is 347 g/mol. The lowest BCUT2D eigenvalue weighted by molar-refractivity contribution is -0.162. The van der Waals surface area contributed by atoms with Crippen LogP contribution in [-0.4, -0.2) is 40.6 Å². The zero-order chi connectivity index (χ0) is 17.9. The Labute approximate surface area is 146 Å². The first kappa shape index (κ1) is 17.5. The lowest BCUT2D eigenvalue weighted by Crippen LogP contribution is -2.55. The Hall–Kier alpha value is -2.37. The molecule has 0 spiro atoms. The van der Waals surface area contributed by atoms with Crippen LogP contribution in [0.5, 0.6) is 5.75 Å². The quantitative estimate of drug-likeness (QED) is 0.850. The number of carbonyl (C=O) groups excluding carboxylic acids is 1. The van der Waals surface area contributed by atoms with Crippen LogP contribution in [0.15, 0.2) is 36.4 Å². The number of benzene rings is 1. The summed E-state index contributed by atoms with van der Waals surface area (Å²) in [6.07, 6.45) is 6.87. The predicted molar refractivity (Wildman–Crippen MR) is 89.7 cm³/mol. The van der Waals surface area contributed by atoms with Crippen LogP contribution in [0.2, 0.25) is 0 Å². The van der Waals surface area contributed by atoms with Crippen molar-refractivity contribution >= 4 is 11.9 Å². The van der Waals surface area contributed by atoms with Crippen molar-refractivity contribution in [1.82, 2.24) is 4.90 Å². The molecule has 3 rings (SSSR count). The summed E-state index contributed by atoms with van der Waals surface area (Å²) < 4.78 is 19.4. The van der Waals surface area contributed by atoms with Crippen LogP contribution in [0.1, 0.15) is 32.1 Å². The van der Waals surface area contributed by atoms with Gasteiger partial charge in [0, 0.05) is 31.8 Å². The number of hydrogen-bond acceptors (Lipinski definition) is 3. The number of aliphatic carboxylic acids is 1. The summed E-state index contributed by atoms with van der Waals surface area (Å²) in [6, 6.07) is 5.78. The molecule has 1 amide bonds. The number of allylic oxidation sites excluding steroid dienone is 2. The molecule has 1 aliphatic heterocycles. The van der Waals surface area contributed by atoms with Gasteiger partial charge in [0.15, 0.2) is 11.6 Å². The van der Waals surface area contributed by atoms with E-state index in [1.807, 2.05) is 6.08 Å². The highest BCUT2D eigenvalue weighted by molar-refractivity contribution is 5.81. The molecule has 1 saturated heterocycles. The Bertz CT molecular complexity index is 680. The molecule has 1 N–H and O–H groups in total. The minimum atomic E-state index is -1.49. The number of halogens is 1. The third-order valence-electron chi connectivity index (χ3n) is 5.03. The van der Waals surface area contributed by atoms with Crippen LogP contribution in [0.3, 0.4) is 0 Å². The first-order chi connectivity index (χ1) is 12.0. The Balaban J connectivity index is 1.68. The lowest BCUT2D eigenvalue weighted by atomic mass is 9.88. The second kappa shape index (κ2) is 7.25. The van der Waals surface area contributed by atoms with Crippen LogP contribution in [0.4, 0.5) is 4.39 Å². The van der Waals surface area contributed by atoms with Crippen molar-refractivity contribution < 1.29 is 23.8 Å². The number of carboxylic acids is 1. The molecule has 1 atom stereocenters. The highest BCUT2D eigenvalue weighted by Gasteiger charge is 2.45. The molecule has 1 fully saturated rings. The van der Waals surface area contributed by atoms with Gasteiger partial charge in [-0.05, 0) is 31.4 Å². The molecule has 5 nitrogen and oxygen atoms in total. The van der Waals surface area contributed by atoms with Gasteiger partial charge in [-0.3, -0.25) is 4.79 Å². The highest BCUT2D eigenvalue weighted by atomic mass is 19.1. The molecular weight excluding hydrogens is 325 g/mol. The smallest absolute Gasteiger partial charge is 0.348 e. The minimum absolute atomic E-state index is 0.0187. The maximum absolute atomic E-state index is 13.8. The summed E-state index contributed by atoms with van der Waals surface area (Å²) in [5, 5.41) is 9.65. The molecule has 0 bridgehead atoms. The van der Waals surface area contributed by atoms with E-state index in [-0.39, 0.29) is 30.4 Å². The van der Waals surface area contributed by atoms with Crippen LogP contribution in [0, 0.1) is 11.7 Å². The molecule has 0 unspecified atom stereocenters. The Morgan fingerprint density at radius 3 is 2.52 bits per heavy atom. The molecule has 134 valence electrons. The maximum Gasteiger partial charge on any atom is 0.348 e.